The first-order valence-electron chi connectivity index (χ1n) is 8.02. The second-order valence-electron chi connectivity index (χ2n) is 6.42. The normalized spacial score (nSPS) is 26.5. The molecule has 3 N–H and O–H groups in total. The van der Waals surface area contributed by atoms with Crippen molar-refractivity contribution in [1.29, 1.82) is 0 Å². The third kappa shape index (κ3) is 3.01. The van der Waals surface area contributed by atoms with E-state index in [1.54, 1.807) is 0 Å². The number of carbonyl (C=O) groups excluding carboxylic acids is 1. The van der Waals surface area contributed by atoms with E-state index in [1.807, 2.05) is 12.1 Å². The Bertz CT molecular complexity index is 528. The Morgan fingerprint density at radius 1 is 1.32 bits per heavy atom. The molecule has 22 heavy (non-hydrogen) atoms. The average Bonchev–Trinajstić information content (AvgIpc) is 2.96. The summed E-state index contributed by atoms with van der Waals surface area (Å²) in [6.07, 6.45) is 4.40. The molecule has 1 aromatic rings. The number of rotatable bonds is 5. The zero-order chi connectivity index (χ0) is 15.6. The van der Waals surface area contributed by atoms with Crippen LogP contribution in [-0.4, -0.2) is 31.2 Å². The summed E-state index contributed by atoms with van der Waals surface area (Å²) in [6, 6.07) is 6.64. The van der Waals surface area contributed by atoms with Crippen molar-refractivity contribution in [1.82, 2.24) is 5.32 Å². The standard InChI is InChI=1S/C17H23FN2O2/c18-13-4-2-12(3-5-13)17(8-1-9-17)11-20-16(21)15-7-6-14(10-19)22-15/h2-5,14-15H,1,6-11,19H2,(H,20,21)/t14-,15+/m1/s1. The van der Waals surface area contributed by atoms with Crippen LogP contribution in [0.1, 0.15) is 37.7 Å². The van der Waals surface area contributed by atoms with E-state index in [0.717, 1.165) is 37.7 Å². The molecule has 1 aliphatic heterocycles. The second-order valence-corrected chi connectivity index (χ2v) is 6.42. The lowest BCUT2D eigenvalue weighted by atomic mass is 9.64. The highest BCUT2D eigenvalue weighted by molar-refractivity contribution is 5.81. The molecule has 5 heteroatoms. The largest absolute Gasteiger partial charge is 0.364 e. The number of nitrogens with two attached hydrogens (primary N) is 1. The SMILES string of the molecule is NC[C@H]1CC[C@@H](C(=O)NCC2(c3ccc(F)cc3)CCC2)O1. The van der Waals surface area contributed by atoms with Gasteiger partial charge >= 0.3 is 0 Å². The van der Waals surface area contributed by atoms with Crippen LogP contribution in [0.5, 0.6) is 0 Å². The van der Waals surface area contributed by atoms with E-state index < -0.39 is 0 Å². The van der Waals surface area contributed by atoms with Crippen molar-refractivity contribution < 1.29 is 13.9 Å². The van der Waals surface area contributed by atoms with E-state index in [0.29, 0.717) is 13.1 Å². The number of hydrogen-bond acceptors (Lipinski definition) is 3. The molecule has 2 atom stereocenters. The van der Waals surface area contributed by atoms with E-state index >= 15 is 0 Å². The first-order chi connectivity index (χ1) is 10.6. The minimum absolute atomic E-state index is 0.00510. The molecule has 1 amide bonds. The highest BCUT2D eigenvalue weighted by Crippen LogP contribution is 2.43. The molecule has 1 saturated carbocycles. The van der Waals surface area contributed by atoms with E-state index in [4.69, 9.17) is 10.5 Å². The summed E-state index contributed by atoms with van der Waals surface area (Å²) in [6.45, 7) is 1.05. The lowest BCUT2D eigenvalue weighted by molar-refractivity contribution is -0.132. The molecule has 1 saturated heterocycles. The number of amides is 1. The molecule has 1 aromatic carbocycles. The van der Waals surface area contributed by atoms with Crippen molar-refractivity contribution in [2.45, 2.75) is 49.7 Å². The zero-order valence-corrected chi connectivity index (χ0v) is 12.7. The maximum Gasteiger partial charge on any atom is 0.249 e. The Balaban J connectivity index is 1.59. The van der Waals surface area contributed by atoms with E-state index in [9.17, 15) is 9.18 Å². The zero-order valence-electron chi connectivity index (χ0n) is 12.7. The van der Waals surface area contributed by atoms with Gasteiger partial charge in [0.15, 0.2) is 0 Å². The van der Waals surface area contributed by atoms with Crippen molar-refractivity contribution in [3.63, 3.8) is 0 Å². The van der Waals surface area contributed by atoms with E-state index in [2.05, 4.69) is 5.32 Å². The fourth-order valence-corrected chi connectivity index (χ4v) is 3.42. The molecule has 2 fully saturated rings. The Morgan fingerprint density at radius 3 is 2.59 bits per heavy atom. The fourth-order valence-electron chi connectivity index (χ4n) is 3.42. The Labute approximate surface area is 130 Å². The van der Waals surface area contributed by atoms with Crippen LogP contribution >= 0.6 is 0 Å². The van der Waals surface area contributed by atoms with Crippen LogP contribution < -0.4 is 11.1 Å². The predicted molar refractivity (Wildman–Crippen MR) is 81.9 cm³/mol. The quantitative estimate of drug-likeness (QED) is 0.873. The van der Waals surface area contributed by atoms with Gasteiger partial charge in [-0.3, -0.25) is 4.79 Å². The van der Waals surface area contributed by atoms with Crippen molar-refractivity contribution in [3.05, 3.63) is 35.6 Å². The van der Waals surface area contributed by atoms with Crippen molar-refractivity contribution in [2.75, 3.05) is 13.1 Å². The summed E-state index contributed by atoms with van der Waals surface area (Å²) in [5.41, 5.74) is 6.63. The Hall–Kier alpha value is -1.46. The lowest BCUT2D eigenvalue weighted by Gasteiger charge is -2.42. The fraction of sp³-hybridized carbons (Fsp3) is 0.588. The van der Waals surface area contributed by atoms with Gasteiger partial charge in [-0.1, -0.05) is 18.6 Å². The molecular formula is C17H23FN2O2. The highest BCUT2D eigenvalue weighted by Gasteiger charge is 2.40. The van der Waals surface area contributed by atoms with Crippen LogP contribution in [-0.2, 0) is 14.9 Å². The monoisotopic (exact) mass is 306 g/mol. The van der Waals surface area contributed by atoms with Crippen molar-refractivity contribution in [2.24, 2.45) is 5.73 Å². The second kappa shape index (κ2) is 6.34. The van der Waals surface area contributed by atoms with Gasteiger partial charge in [0, 0.05) is 18.5 Å². The molecule has 3 rings (SSSR count). The average molecular weight is 306 g/mol. The van der Waals surface area contributed by atoms with Gasteiger partial charge in [0.25, 0.3) is 0 Å². The number of halogens is 1. The molecule has 0 unspecified atom stereocenters. The molecule has 1 heterocycles. The third-order valence-electron chi connectivity index (χ3n) is 5.03. The minimum Gasteiger partial charge on any atom is -0.364 e. The van der Waals surface area contributed by atoms with Gasteiger partial charge in [0.05, 0.1) is 6.10 Å². The first kappa shape index (κ1) is 15.4. The molecule has 0 radical (unpaired) electrons. The van der Waals surface area contributed by atoms with Crippen molar-refractivity contribution >= 4 is 5.91 Å². The van der Waals surface area contributed by atoms with E-state index in [1.165, 1.54) is 12.1 Å². The highest BCUT2D eigenvalue weighted by atomic mass is 19.1. The summed E-state index contributed by atoms with van der Waals surface area (Å²) >= 11 is 0. The topological polar surface area (TPSA) is 64.4 Å². The van der Waals surface area contributed by atoms with Gasteiger partial charge in [-0.2, -0.15) is 0 Å². The molecule has 1 aliphatic carbocycles. The summed E-state index contributed by atoms with van der Waals surface area (Å²) in [4.78, 5) is 12.2. The molecule has 0 bridgehead atoms. The summed E-state index contributed by atoms with van der Waals surface area (Å²) in [7, 11) is 0. The Kier molecular flexibility index (Phi) is 4.45. The molecule has 2 aliphatic rings. The van der Waals surface area contributed by atoms with Gasteiger partial charge in [0.2, 0.25) is 5.91 Å². The molecule has 0 spiro atoms. The number of benzene rings is 1. The lowest BCUT2D eigenvalue weighted by Crippen LogP contribution is -2.48. The summed E-state index contributed by atoms with van der Waals surface area (Å²) in [5, 5.41) is 3.03. The van der Waals surface area contributed by atoms with Crippen LogP contribution in [0, 0.1) is 5.82 Å². The maximum atomic E-state index is 13.1. The van der Waals surface area contributed by atoms with Crippen LogP contribution in [0.4, 0.5) is 4.39 Å². The number of hydrogen-bond donors (Lipinski definition) is 2. The number of carbonyl (C=O) groups is 1. The van der Waals surface area contributed by atoms with Gasteiger partial charge in [-0.25, -0.2) is 4.39 Å². The summed E-state index contributed by atoms with van der Waals surface area (Å²) in [5.74, 6) is -0.279. The van der Waals surface area contributed by atoms with Crippen LogP contribution in [0.2, 0.25) is 0 Å². The van der Waals surface area contributed by atoms with Gasteiger partial charge < -0.3 is 15.8 Å². The van der Waals surface area contributed by atoms with Crippen LogP contribution in [0.15, 0.2) is 24.3 Å². The summed E-state index contributed by atoms with van der Waals surface area (Å²) < 4.78 is 18.7. The van der Waals surface area contributed by atoms with E-state index in [-0.39, 0.29) is 29.3 Å². The van der Waals surface area contributed by atoms with Gasteiger partial charge in [-0.05, 0) is 43.4 Å². The molecular weight excluding hydrogens is 283 g/mol. The minimum atomic E-state index is -0.376. The van der Waals surface area contributed by atoms with Crippen molar-refractivity contribution in [3.8, 4) is 0 Å². The molecule has 120 valence electrons. The van der Waals surface area contributed by atoms with Gasteiger partial charge in [-0.15, -0.1) is 0 Å². The van der Waals surface area contributed by atoms with Crippen LogP contribution in [0.25, 0.3) is 0 Å². The predicted octanol–water partition coefficient (Wildman–Crippen LogP) is 1.87. The van der Waals surface area contributed by atoms with Gasteiger partial charge in [0.1, 0.15) is 11.9 Å². The molecule has 0 aromatic heterocycles. The maximum absolute atomic E-state index is 13.1. The smallest absolute Gasteiger partial charge is 0.249 e. The first-order valence-corrected chi connectivity index (χ1v) is 8.02. The molecule has 4 nitrogen and oxygen atoms in total. The number of nitrogens with one attached hydrogen (secondary N) is 1. The third-order valence-corrected chi connectivity index (χ3v) is 5.03. The van der Waals surface area contributed by atoms with Crippen LogP contribution in [0.3, 0.4) is 0 Å². The number of ether oxygens (including phenoxy) is 1. The Morgan fingerprint density at radius 2 is 2.05 bits per heavy atom.